The van der Waals surface area contributed by atoms with Crippen molar-refractivity contribution in [3.05, 3.63) is 0 Å². The van der Waals surface area contributed by atoms with Gasteiger partial charge in [0.15, 0.2) is 0 Å². The Morgan fingerprint density at radius 3 is 2.55 bits per heavy atom. The van der Waals surface area contributed by atoms with Gasteiger partial charge in [0.2, 0.25) is 0 Å². The van der Waals surface area contributed by atoms with Crippen molar-refractivity contribution in [1.29, 1.82) is 0 Å². The maximum Gasteiger partial charge on any atom is 0.0724 e. The normalized spacial score (nSPS) is 33.3. The first-order valence-corrected chi connectivity index (χ1v) is 4.58. The van der Waals surface area contributed by atoms with Crippen LogP contribution in [0.4, 0.5) is 0 Å². The summed E-state index contributed by atoms with van der Waals surface area (Å²) in [6.45, 7) is 0. The molecule has 0 unspecified atom stereocenters. The highest BCUT2D eigenvalue weighted by molar-refractivity contribution is 4.78. The Balaban J connectivity index is 2.41. The summed E-state index contributed by atoms with van der Waals surface area (Å²) in [6, 6.07) is 0.586. The van der Waals surface area contributed by atoms with Gasteiger partial charge in [-0.1, -0.05) is 19.3 Å². The molecule has 2 heteroatoms. The van der Waals surface area contributed by atoms with Gasteiger partial charge in [-0.15, -0.1) is 0 Å². The van der Waals surface area contributed by atoms with Crippen molar-refractivity contribution in [2.45, 2.75) is 44.2 Å². The molecule has 0 radical (unpaired) electrons. The monoisotopic (exact) mass is 157 g/mol. The fraction of sp³-hybridized carbons (Fsp3) is 1.00. The van der Waals surface area contributed by atoms with Gasteiger partial charge >= 0.3 is 0 Å². The molecular formula is C9H19NO. The number of hydrogen-bond donors (Lipinski definition) is 1. The Bertz CT molecular complexity index is 93.7. The van der Waals surface area contributed by atoms with Gasteiger partial charge in [-0.2, -0.15) is 0 Å². The van der Waals surface area contributed by atoms with Gasteiger partial charge in [0.1, 0.15) is 0 Å². The van der Waals surface area contributed by atoms with E-state index >= 15 is 0 Å². The van der Waals surface area contributed by atoms with Crippen molar-refractivity contribution in [3.63, 3.8) is 0 Å². The average Bonchev–Trinajstić information content (AvgIpc) is 2.27. The van der Waals surface area contributed by atoms with Gasteiger partial charge in [-0.25, -0.2) is 0 Å². The third-order valence-electron chi connectivity index (χ3n) is 2.63. The van der Waals surface area contributed by atoms with Crippen LogP contribution in [0.15, 0.2) is 0 Å². The van der Waals surface area contributed by atoms with E-state index in [-0.39, 0.29) is 0 Å². The molecule has 1 aliphatic carbocycles. The molecule has 0 spiro atoms. The summed E-state index contributed by atoms with van der Waals surface area (Å²) < 4.78 is 5.41. The molecule has 1 fully saturated rings. The van der Waals surface area contributed by atoms with E-state index in [0.29, 0.717) is 12.1 Å². The maximum atomic E-state index is 5.41. The summed E-state index contributed by atoms with van der Waals surface area (Å²) in [4.78, 5) is 0. The van der Waals surface area contributed by atoms with Crippen LogP contribution < -0.4 is 5.32 Å². The molecule has 11 heavy (non-hydrogen) atoms. The highest BCUT2D eigenvalue weighted by Gasteiger charge is 2.21. The lowest BCUT2D eigenvalue weighted by molar-refractivity contribution is 0.0657. The standard InChI is InChI=1S/C9H19NO/c1-10-8-6-4-3-5-7-9(8)11-2/h8-10H,3-7H2,1-2H3/t8-,9+/m1/s1. The van der Waals surface area contributed by atoms with Crippen LogP contribution in [0.25, 0.3) is 0 Å². The lowest BCUT2D eigenvalue weighted by Crippen LogP contribution is -2.37. The SMILES string of the molecule is CN[C@@H]1CCCCC[C@@H]1OC. The molecule has 1 aliphatic rings. The molecule has 1 saturated carbocycles. The Labute approximate surface area is 69.3 Å². The predicted octanol–water partition coefficient (Wildman–Crippen LogP) is 1.55. The van der Waals surface area contributed by atoms with E-state index in [0.717, 1.165) is 0 Å². The molecule has 1 N–H and O–H groups in total. The third-order valence-corrected chi connectivity index (χ3v) is 2.63. The van der Waals surface area contributed by atoms with Crippen molar-refractivity contribution >= 4 is 0 Å². The van der Waals surface area contributed by atoms with Crippen molar-refractivity contribution < 1.29 is 4.74 Å². The topological polar surface area (TPSA) is 21.3 Å². The van der Waals surface area contributed by atoms with Gasteiger partial charge in [0.05, 0.1) is 6.10 Å². The minimum absolute atomic E-state index is 0.447. The van der Waals surface area contributed by atoms with Crippen molar-refractivity contribution in [3.8, 4) is 0 Å². The molecule has 0 amide bonds. The van der Waals surface area contributed by atoms with E-state index in [1.54, 1.807) is 0 Å². The highest BCUT2D eigenvalue weighted by Crippen LogP contribution is 2.19. The summed E-state index contributed by atoms with van der Waals surface area (Å²) in [5.74, 6) is 0. The molecule has 2 nitrogen and oxygen atoms in total. The Morgan fingerprint density at radius 1 is 1.18 bits per heavy atom. The van der Waals surface area contributed by atoms with Gasteiger partial charge in [0, 0.05) is 13.2 Å². The predicted molar refractivity (Wildman–Crippen MR) is 46.7 cm³/mol. The average molecular weight is 157 g/mol. The quantitative estimate of drug-likeness (QED) is 0.614. The van der Waals surface area contributed by atoms with E-state index in [2.05, 4.69) is 5.32 Å². The Kier molecular flexibility index (Phi) is 3.87. The van der Waals surface area contributed by atoms with Crippen molar-refractivity contribution in [2.75, 3.05) is 14.2 Å². The number of nitrogens with one attached hydrogen (secondary N) is 1. The zero-order valence-electron chi connectivity index (χ0n) is 7.60. The Hall–Kier alpha value is -0.0800. The van der Waals surface area contributed by atoms with Crippen LogP contribution in [-0.4, -0.2) is 26.3 Å². The molecular weight excluding hydrogens is 138 g/mol. The maximum absolute atomic E-state index is 5.41. The number of methoxy groups -OCH3 is 1. The van der Waals surface area contributed by atoms with E-state index in [1.165, 1.54) is 32.1 Å². The van der Waals surface area contributed by atoms with Crippen LogP contribution in [0.1, 0.15) is 32.1 Å². The summed E-state index contributed by atoms with van der Waals surface area (Å²) in [7, 11) is 3.85. The highest BCUT2D eigenvalue weighted by atomic mass is 16.5. The molecule has 0 heterocycles. The van der Waals surface area contributed by atoms with Crippen LogP contribution in [0, 0.1) is 0 Å². The fourth-order valence-electron chi connectivity index (χ4n) is 1.89. The molecule has 2 atom stereocenters. The van der Waals surface area contributed by atoms with E-state index in [1.807, 2.05) is 14.2 Å². The molecule has 66 valence electrons. The second kappa shape index (κ2) is 4.73. The zero-order valence-corrected chi connectivity index (χ0v) is 7.60. The van der Waals surface area contributed by atoms with Gasteiger partial charge in [0.25, 0.3) is 0 Å². The van der Waals surface area contributed by atoms with E-state index in [4.69, 9.17) is 4.74 Å². The fourth-order valence-corrected chi connectivity index (χ4v) is 1.89. The zero-order chi connectivity index (χ0) is 8.10. The second-order valence-electron chi connectivity index (χ2n) is 3.31. The second-order valence-corrected chi connectivity index (χ2v) is 3.31. The first-order valence-electron chi connectivity index (χ1n) is 4.58. The van der Waals surface area contributed by atoms with Crippen LogP contribution >= 0.6 is 0 Å². The van der Waals surface area contributed by atoms with Gasteiger partial charge < -0.3 is 10.1 Å². The minimum atomic E-state index is 0.447. The number of rotatable bonds is 2. The first-order chi connectivity index (χ1) is 5.38. The summed E-state index contributed by atoms with van der Waals surface area (Å²) in [5, 5.41) is 3.32. The van der Waals surface area contributed by atoms with Crippen LogP contribution in [0.3, 0.4) is 0 Å². The largest absolute Gasteiger partial charge is 0.380 e. The Morgan fingerprint density at radius 2 is 1.91 bits per heavy atom. The van der Waals surface area contributed by atoms with Crippen LogP contribution in [0.2, 0.25) is 0 Å². The lowest BCUT2D eigenvalue weighted by atomic mass is 10.1. The van der Waals surface area contributed by atoms with Crippen molar-refractivity contribution in [2.24, 2.45) is 0 Å². The minimum Gasteiger partial charge on any atom is -0.380 e. The smallest absolute Gasteiger partial charge is 0.0724 e. The summed E-state index contributed by atoms with van der Waals surface area (Å²) >= 11 is 0. The van der Waals surface area contributed by atoms with Crippen LogP contribution in [0.5, 0.6) is 0 Å². The molecule has 0 aromatic carbocycles. The molecule has 0 saturated heterocycles. The van der Waals surface area contributed by atoms with E-state index in [9.17, 15) is 0 Å². The molecule has 0 aromatic heterocycles. The number of ether oxygens (including phenoxy) is 1. The van der Waals surface area contributed by atoms with Gasteiger partial charge in [-0.3, -0.25) is 0 Å². The van der Waals surface area contributed by atoms with Crippen molar-refractivity contribution in [1.82, 2.24) is 5.32 Å². The lowest BCUT2D eigenvalue weighted by Gasteiger charge is -2.22. The number of likely N-dealkylation sites (N-methyl/N-ethyl adjacent to an activating group) is 1. The molecule has 0 aromatic rings. The molecule has 0 aliphatic heterocycles. The van der Waals surface area contributed by atoms with Gasteiger partial charge in [-0.05, 0) is 19.9 Å². The number of hydrogen-bond acceptors (Lipinski definition) is 2. The molecule has 0 bridgehead atoms. The molecule has 1 rings (SSSR count). The first kappa shape index (κ1) is 9.01. The van der Waals surface area contributed by atoms with E-state index < -0.39 is 0 Å². The van der Waals surface area contributed by atoms with Crippen LogP contribution in [-0.2, 0) is 4.74 Å². The third kappa shape index (κ3) is 2.46. The summed E-state index contributed by atoms with van der Waals surface area (Å²) in [6.07, 6.45) is 7.00. The summed E-state index contributed by atoms with van der Waals surface area (Å²) in [5.41, 5.74) is 0.